The molecule has 0 bridgehead atoms. The summed E-state index contributed by atoms with van der Waals surface area (Å²) in [7, 11) is 0. The van der Waals surface area contributed by atoms with Crippen LogP contribution in [-0.4, -0.2) is 42.0 Å². The van der Waals surface area contributed by atoms with Gasteiger partial charge in [0.1, 0.15) is 11.5 Å². The van der Waals surface area contributed by atoms with Gasteiger partial charge in [0.25, 0.3) is 5.91 Å². The number of nitrogens with one attached hydrogen (secondary N) is 3. The zero-order chi connectivity index (χ0) is 30.8. The second-order valence-corrected chi connectivity index (χ2v) is 10.1. The predicted molar refractivity (Wildman–Crippen MR) is 152 cm³/mol. The Morgan fingerprint density at radius 1 is 0.860 bits per heavy atom. The van der Waals surface area contributed by atoms with Gasteiger partial charge in [-0.3, -0.25) is 9.59 Å². The number of anilines is 1. The number of carbonyl (C=O) groups excluding carboxylic acids is 2. The average Bonchev–Trinajstić information content (AvgIpc) is 2.97. The topological polar surface area (TPSA) is 126 Å². The highest BCUT2D eigenvalue weighted by atomic mass is 19.4. The SMILES string of the molecule is O=C(O)CCNC(=O)c1ccc(C(NC(=O)Nc2ccc(OC(F)(F)F)cc2)C2CCC(Oc3ccccc3)CC2)cc1. The number of hydrogen-bond donors (Lipinski definition) is 4. The van der Waals surface area contributed by atoms with Gasteiger partial charge in [-0.15, -0.1) is 13.2 Å². The Hall–Kier alpha value is -4.74. The molecule has 3 aromatic carbocycles. The summed E-state index contributed by atoms with van der Waals surface area (Å²) >= 11 is 0. The van der Waals surface area contributed by atoms with Crippen LogP contribution in [0.3, 0.4) is 0 Å². The van der Waals surface area contributed by atoms with Crippen molar-refractivity contribution in [2.45, 2.75) is 50.6 Å². The fourth-order valence-corrected chi connectivity index (χ4v) is 4.98. The quantitative estimate of drug-likeness (QED) is 0.205. The van der Waals surface area contributed by atoms with Crippen molar-refractivity contribution in [3.05, 3.63) is 90.0 Å². The monoisotopic (exact) mass is 599 g/mol. The number of para-hydroxylation sites is 1. The van der Waals surface area contributed by atoms with Crippen LogP contribution in [-0.2, 0) is 4.79 Å². The number of alkyl halides is 3. The lowest BCUT2D eigenvalue weighted by Crippen LogP contribution is -2.38. The van der Waals surface area contributed by atoms with E-state index in [1.165, 1.54) is 12.1 Å². The van der Waals surface area contributed by atoms with Crippen LogP contribution in [0.1, 0.15) is 54.1 Å². The van der Waals surface area contributed by atoms with Crippen molar-refractivity contribution in [3.8, 4) is 11.5 Å². The van der Waals surface area contributed by atoms with Gasteiger partial charge in [-0.2, -0.15) is 0 Å². The fraction of sp³-hybridized carbons (Fsp3) is 0.323. The first-order valence-electron chi connectivity index (χ1n) is 13.8. The first-order chi connectivity index (χ1) is 20.6. The van der Waals surface area contributed by atoms with Crippen LogP contribution >= 0.6 is 0 Å². The van der Waals surface area contributed by atoms with Gasteiger partial charge >= 0.3 is 18.4 Å². The molecule has 3 amide bonds. The predicted octanol–water partition coefficient (Wildman–Crippen LogP) is 6.29. The Kier molecular flexibility index (Phi) is 10.5. The molecule has 0 aliphatic heterocycles. The van der Waals surface area contributed by atoms with Crippen LogP contribution in [0.2, 0.25) is 0 Å². The van der Waals surface area contributed by atoms with Crippen LogP contribution in [0.4, 0.5) is 23.7 Å². The summed E-state index contributed by atoms with van der Waals surface area (Å²) in [6.07, 6.45) is -1.94. The van der Waals surface area contributed by atoms with Crippen LogP contribution < -0.4 is 25.4 Å². The van der Waals surface area contributed by atoms with Gasteiger partial charge in [0, 0.05) is 17.8 Å². The highest BCUT2D eigenvalue weighted by Crippen LogP contribution is 2.36. The van der Waals surface area contributed by atoms with Gasteiger partial charge in [0.15, 0.2) is 0 Å². The van der Waals surface area contributed by atoms with E-state index in [4.69, 9.17) is 9.84 Å². The van der Waals surface area contributed by atoms with Gasteiger partial charge in [-0.05, 0) is 85.7 Å². The minimum absolute atomic E-state index is 0.00211. The molecular formula is C31H32F3N3O6. The minimum Gasteiger partial charge on any atom is -0.490 e. The van der Waals surface area contributed by atoms with Crippen molar-refractivity contribution in [2.24, 2.45) is 5.92 Å². The third-order valence-electron chi connectivity index (χ3n) is 7.02. The lowest BCUT2D eigenvalue weighted by atomic mass is 9.80. The number of urea groups is 1. The number of hydrogen-bond acceptors (Lipinski definition) is 5. The van der Waals surface area contributed by atoms with E-state index in [-0.39, 0.29) is 30.7 Å². The lowest BCUT2D eigenvalue weighted by molar-refractivity contribution is -0.274. The third-order valence-corrected chi connectivity index (χ3v) is 7.02. The molecule has 1 aliphatic rings. The molecular weight excluding hydrogens is 567 g/mol. The maximum atomic E-state index is 13.0. The number of carboxylic acid groups (broad SMARTS) is 1. The molecule has 0 spiro atoms. The molecule has 1 aliphatic carbocycles. The summed E-state index contributed by atoms with van der Waals surface area (Å²) < 4.78 is 47.4. The molecule has 0 aromatic heterocycles. The molecule has 4 N–H and O–H groups in total. The molecule has 0 radical (unpaired) electrons. The van der Waals surface area contributed by atoms with E-state index < -0.39 is 36.1 Å². The van der Waals surface area contributed by atoms with E-state index in [2.05, 4.69) is 20.7 Å². The number of halogens is 3. The molecule has 4 rings (SSSR count). The number of amides is 3. The number of ether oxygens (including phenoxy) is 2. The Bertz CT molecular complexity index is 1360. The molecule has 0 saturated heterocycles. The zero-order valence-electron chi connectivity index (χ0n) is 23.1. The average molecular weight is 600 g/mol. The zero-order valence-corrected chi connectivity index (χ0v) is 23.1. The Morgan fingerprint density at radius 2 is 1.51 bits per heavy atom. The van der Waals surface area contributed by atoms with Crippen molar-refractivity contribution in [3.63, 3.8) is 0 Å². The molecule has 43 heavy (non-hydrogen) atoms. The number of rotatable bonds is 11. The summed E-state index contributed by atoms with van der Waals surface area (Å²) in [6, 6.07) is 20.1. The van der Waals surface area contributed by atoms with Crippen LogP contribution in [0.25, 0.3) is 0 Å². The smallest absolute Gasteiger partial charge is 0.490 e. The fourth-order valence-electron chi connectivity index (χ4n) is 4.98. The van der Waals surface area contributed by atoms with Gasteiger partial charge in [-0.25, -0.2) is 4.79 Å². The molecule has 3 aromatic rings. The molecule has 1 atom stereocenters. The van der Waals surface area contributed by atoms with Gasteiger partial charge in [0.2, 0.25) is 0 Å². The third kappa shape index (κ3) is 9.94. The largest absolute Gasteiger partial charge is 0.573 e. The van der Waals surface area contributed by atoms with Crippen molar-refractivity contribution in [1.29, 1.82) is 0 Å². The summed E-state index contributed by atoms with van der Waals surface area (Å²) in [6.45, 7) is -0.00211. The Morgan fingerprint density at radius 3 is 2.12 bits per heavy atom. The first-order valence-corrected chi connectivity index (χ1v) is 13.8. The van der Waals surface area contributed by atoms with E-state index in [0.717, 1.165) is 49.1 Å². The van der Waals surface area contributed by atoms with E-state index >= 15 is 0 Å². The number of aliphatic carboxylic acids is 1. The molecule has 1 unspecified atom stereocenters. The molecule has 12 heteroatoms. The highest BCUT2D eigenvalue weighted by Gasteiger charge is 2.32. The van der Waals surface area contributed by atoms with E-state index in [9.17, 15) is 27.6 Å². The maximum absolute atomic E-state index is 13.0. The van der Waals surface area contributed by atoms with E-state index in [0.29, 0.717) is 5.56 Å². The van der Waals surface area contributed by atoms with Crippen molar-refractivity contribution >= 4 is 23.6 Å². The second-order valence-electron chi connectivity index (χ2n) is 10.1. The summed E-state index contributed by atoms with van der Waals surface area (Å²) in [5.41, 5.74) is 1.39. The molecule has 0 heterocycles. The van der Waals surface area contributed by atoms with E-state index in [1.807, 2.05) is 30.3 Å². The summed E-state index contributed by atoms with van der Waals surface area (Å²) in [5.74, 6) is -0.996. The molecule has 1 saturated carbocycles. The Balaban J connectivity index is 1.43. The Labute approximate surface area is 246 Å². The molecule has 228 valence electrons. The standard InChI is InChI=1S/C31H32F3N3O6/c32-31(33,34)43-26-16-12-23(13-17-26)36-30(41)37-28(20-6-8-22(9-7-20)29(40)35-19-18-27(38)39)21-10-14-25(15-11-21)42-24-4-2-1-3-5-24/h1-9,12-13,16-17,21,25,28H,10-11,14-15,18-19H2,(H,35,40)(H,38,39)(H2,36,37,41). The van der Waals surface area contributed by atoms with Gasteiger partial charge < -0.3 is 30.5 Å². The number of carboxylic acids is 1. The lowest BCUT2D eigenvalue weighted by Gasteiger charge is -2.34. The summed E-state index contributed by atoms with van der Waals surface area (Å²) in [5, 5.41) is 17.0. The highest BCUT2D eigenvalue weighted by molar-refractivity contribution is 5.94. The molecule has 1 fully saturated rings. The van der Waals surface area contributed by atoms with Crippen molar-refractivity contribution < 1.29 is 42.1 Å². The second kappa shape index (κ2) is 14.4. The minimum atomic E-state index is -4.82. The van der Waals surface area contributed by atoms with E-state index in [1.54, 1.807) is 24.3 Å². The van der Waals surface area contributed by atoms with Crippen molar-refractivity contribution in [2.75, 3.05) is 11.9 Å². The first kappa shape index (κ1) is 31.2. The van der Waals surface area contributed by atoms with Gasteiger partial charge in [-0.1, -0.05) is 30.3 Å². The van der Waals surface area contributed by atoms with Crippen molar-refractivity contribution in [1.82, 2.24) is 10.6 Å². The van der Waals surface area contributed by atoms with Crippen LogP contribution in [0, 0.1) is 5.92 Å². The maximum Gasteiger partial charge on any atom is 0.573 e. The number of benzene rings is 3. The molecule has 9 nitrogen and oxygen atoms in total. The van der Waals surface area contributed by atoms with Crippen LogP contribution in [0.5, 0.6) is 11.5 Å². The summed E-state index contributed by atoms with van der Waals surface area (Å²) in [4.78, 5) is 36.2. The van der Waals surface area contributed by atoms with Gasteiger partial charge in [0.05, 0.1) is 18.6 Å². The number of carbonyl (C=O) groups is 3. The normalized spacial score (nSPS) is 17.3. The van der Waals surface area contributed by atoms with Crippen LogP contribution in [0.15, 0.2) is 78.9 Å².